The van der Waals surface area contributed by atoms with Crippen molar-refractivity contribution in [3.8, 4) is 11.8 Å². The van der Waals surface area contributed by atoms with Crippen LogP contribution in [0.5, 0.6) is 11.8 Å². The number of aromatic nitrogens is 3. The van der Waals surface area contributed by atoms with E-state index < -0.39 is 0 Å². The molecule has 21 heavy (non-hydrogen) atoms. The third-order valence-corrected chi connectivity index (χ3v) is 5.58. The standard InChI is InChI=1S/C14H17N3O2S2/c1-14(20-4,10-7-5-6-8-15-10)21-13-16-11(18-2)9-12(17-13)19-3/h5-9H,1-4H3. The van der Waals surface area contributed by atoms with Crippen molar-refractivity contribution in [3.63, 3.8) is 0 Å². The summed E-state index contributed by atoms with van der Waals surface area (Å²) < 4.78 is 10.1. The van der Waals surface area contributed by atoms with Crippen molar-refractivity contribution in [1.29, 1.82) is 0 Å². The molecule has 0 aliphatic carbocycles. The van der Waals surface area contributed by atoms with Crippen LogP contribution in [0.15, 0.2) is 35.6 Å². The molecule has 0 spiro atoms. The monoisotopic (exact) mass is 323 g/mol. The zero-order chi connectivity index (χ0) is 15.3. The van der Waals surface area contributed by atoms with E-state index in [-0.39, 0.29) is 4.08 Å². The van der Waals surface area contributed by atoms with Crippen LogP contribution in [0.2, 0.25) is 0 Å². The summed E-state index contributed by atoms with van der Waals surface area (Å²) in [5.41, 5.74) is 0.966. The predicted octanol–water partition coefficient (Wildman–Crippen LogP) is 3.22. The first-order valence-corrected chi connectivity index (χ1v) is 8.28. The average Bonchev–Trinajstić information content (AvgIpc) is 2.55. The zero-order valence-electron chi connectivity index (χ0n) is 12.4. The Kier molecular flexibility index (Phi) is 5.30. The van der Waals surface area contributed by atoms with Crippen molar-refractivity contribution >= 4 is 23.5 Å². The lowest BCUT2D eigenvalue weighted by atomic mass is 10.3. The normalized spacial score (nSPS) is 13.5. The molecule has 0 aliphatic rings. The Morgan fingerprint density at radius 1 is 1.10 bits per heavy atom. The Bertz CT molecular complexity index is 576. The minimum atomic E-state index is -0.293. The Balaban J connectivity index is 2.34. The molecule has 0 fully saturated rings. The molecule has 2 aromatic heterocycles. The number of hydrogen-bond acceptors (Lipinski definition) is 7. The molecular formula is C14H17N3O2S2. The van der Waals surface area contributed by atoms with Gasteiger partial charge in [-0.3, -0.25) is 4.98 Å². The summed E-state index contributed by atoms with van der Waals surface area (Å²) in [6.07, 6.45) is 3.83. The summed E-state index contributed by atoms with van der Waals surface area (Å²) in [6, 6.07) is 7.53. The van der Waals surface area contributed by atoms with Crippen molar-refractivity contribution in [2.45, 2.75) is 16.2 Å². The van der Waals surface area contributed by atoms with Gasteiger partial charge in [-0.05, 0) is 25.3 Å². The lowest BCUT2D eigenvalue weighted by Crippen LogP contribution is -2.14. The third-order valence-electron chi connectivity index (χ3n) is 2.88. The van der Waals surface area contributed by atoms with E-state index in [1.54, 1.807) is 38.2 Å². The second-order valence-electron chi connectivity index (χ2n) is 4.20. The molecular weight excluding hydrogens is 306 g/mol. The summed E-state index contributed by atoms with van der Waals surface area (Å²) in [6.45, 7) is 2.10. The molecule has 2 heterocycles. The SMILES string of the molecule is COc1cc(OC)nc(SC(C)(SC)c2ccccn2)n1. The minimum Gasteiger partial charge on any atom is -0.481 e. The van der Waals surface area contributed by atoms with E-state index >= 15 is 0 Å². The minimum absolute atomic E-state index is 0.293. The van der Waals surface area contributed by atoms with Crippen LogP contribution in [0.1, 0.15) is 12.6 Å². The molecule has 0 amide bonds. The van der Waals surface area contributed by atoms with Gasteiger partial charge in [0.05, 0.1) is 26.0 Å². The molecule has 112 valence electrons. The second-order valence-corrected chi connectivity index (χ2v) is 7.07. The summed E-state index contributed by atoms with van der Waals surface area (Å²) in [5, 5.41) is 0.591. The fourth-order valence-corrected chi connectivity index (χ4v) is 3.37. The van der Waals surface area contributed by atoms with Crippen LogP contribution in [-0.2, 0) is 4.08 Å². The summed E-state index contributed by atoms with van der Waals surface area (Å²) in [7, 11) is 3.14. The molecule has 0 N–H and O–H groups in total. The fourth-order valence-electron chi connectivity index (χ4n) is 1.64. The van der Waals surface area contributed by atoms with Gasteiger partial charge in [0.15, 0.2) is 5.16 Å². The average molecular weight is 323 g/mol. The highest BCUT2D eigenvalue weighted by Gasteiger charge is 2.30. The van der Waals surface area contributed by atoms with E-state index in [1.807, 2.05) is 24.5 Å². The smallest absolute Gasteiger partial charge is 0.220 e. The van der Waals surface area contributed by atoms with E-state index in [4.69, 9.17) is 9.47 Å². The molecule has 2 aromatic rings. The Labute approximate surface area is 132 Å². The lowest BCUT2D eigenvalue weighted by molar-refractivity contribution is 0.364. The van der Waals surface area contributed by atoms with Gasteiger partial charge in [0.25, 0.3) is 0 Å². The Hall–Kier alpha value is -1.47. The predicted molar refractivity (Wildman–Crippen MR) is 86.1 cm³/mol. The summed E-state index contributed by atoms with van der Waals surface area (Å²) >= 11 is 3.21. The zero-order valence-corrected chi connectivity index (χ0v) is 14.0. The molecule has 5 nitrogen and oxygen atoms in total. The van der Waals surface area contributed by atoms with E-state index in [0.717, 1.165) is 5.69 Å². The maximum Gasteiger partial charge on any atom is 0.220 e. The van der Waals surface area contributed by atoms with Crippen LogP contribution in [0.3, 0.4) is 0 Å². The van der Waals surface area contributed by atoms with Gasteiger partial charge in [-0.25, -0.2) is 0 Å². The van der Waals surface area contributed by atoms with Crippen LogP contribution < -0.4 is 9.47 Å². The quantitative estimate of drug-likeness (QED) is 0.459. The van der Waals surface area contributed by atoms with E-state index in [2.05, 4.69) is 21.9 Å². The molecule has 7 heteroatoms. The maximum absolute atomic E-state index is 5.18. The van der Waals surface area contributed by atoms with Crippen LogP contribution >= 0.6 is 23.5 Å². The third kappa shape index (κ3) is 3.79. The number of methoxy groups -OCH3 is 2. The van der Waals surface area contributed by atoms with Gasteiger partial charge in [0, 0.05) is 6.20 Å². The first-order valence-electron chi connectivity index (χ1n) is 6.24. The molecule has 1 atom stereocenters. The van der Waals surface area contributed by atoms with Crippen molar-refractivity contribution in [1.82, 2.24) is 15.0 Å². The van der Waals surface area contributed by atoms with Crippen molar-refractivity contribution < 1.29 is 9.47 Å². The highest BCUT2D eigenvalue weighted by molar-refractivity contribution is 8.17. The molecule has 0 saturated carbocycles. The van der Waals surface area contributed by atoms with Crippen LogP contribution in [-0.4, -0.2) is 35.4 Å². The lowest BCUT2D eigenvalue weighted by Gasteiger charge is -2.25. The van der Waals surface area contributed by atoms with Crippen LogP contribution in [0.25, 0.3) is 0 Å². The van der Waals surface area contributed by atoms with Gasteiger partial charge < -0.3 is 9.47 Å². The molecule has 0 aromatic carbocycles. The van der Waals surface area contributed by atoms with E-state index in [1.165, 1.54) is 11.8 Å². The van der Waals surface area contributed by atoms with Gasteiger partial charge >= 0.3 is 0 Å². The van der Waals surface area contributed by atoms with Crippen molar-refractivity contribution in [3.05, 3.63) is 36.2 Å². The largest absolute Gasteiger partial charge is 0.481 e. The number of nitrogens with zero attached hydrogens (tertiary/aromatic N) is 3. The first-order chi connectivity index (χ1) is 10.1. The maximum atomic E-state index is 5.18. The Morgan fingerprint density at radius 3 is 2.24 bits per heavy atom. The first kappa shape index (κ1) is 15.9. The van der Waals surface area contributed by atoms with Gasteiger partial charge in [0.1, 0.15) is 4.08 Å². The molecule has 2 rings (SSSR count). The van der Waals surface area contributed by atoms with Gasteiger partial charge in [-0.1, -0.05) is 17.8 Å². The van der Waals surface area contributed by atoms with Crippen LogP contribution in [0, 0.1) is 0 Å². The second kappa shape index (κ2) is 7.00. The molecule has 0 bridgehead atoms. The number of pyridine rings is 1. The van der Waals surface area contributed by atoms with Gasteiger partial charge in [-0.15, -0.1) is 11.8 Å². The number of thioether (sulfide) groups is 2. The van der Waals surface area contributed by atoms with Crippen molar-refractivity contribution in [2.24, 2.45) is 0 Å². The summed E-state index contributed by atoms with van der Waals surface area (Å²) in [4.78, 5) is 13.2. The number of rotatable bonds is 6. The van der Waals surface area contributed by atoms with Crippen LogP contribution in [0.4, 0.5) is 0 Å². The molecule has 0 radical (unpaired) electrons. The van der Waals surface area contributed by atoms with Gasteiger partial charge in [-0.2, -0.15) is 9.97 Å². The molecule has 1 unspecified atom stereocenters. The summed E-state index contributed by atoms with van der Waals surface area (Å²) in [5.74, 6) is 0.961. The van der Waals surface area contributed by atoms with Gasteiger partial charge in [0.2, 0.25) is 11.8 Å². The van der Waals surface area contributed by atoms with Crippen molar-refractivity contribution in [2.75, 3.05) is 20.5 Å². The number of hydrogen-bond donors (Lipinski definition) is 0. The fraction of sp³-hybridized carbons (Fsp3) is 0.357. The highest BCUT2D eigenvalue weighted by Crippen LogP contribution is 2.47. The van der Waals surface area contributed by atoms with E-state index in [0.29, 0.717) is 16.9 Å². The molecule has 0 aliphatic heterocycles. The number of ether oxygens (including phenoxy) is 2. The topological polar surface area (TPSA) is 57.1 Å². The highest BCUT2D eigenvalue weighted by atomic mass is 32.2. The Morgan fingerprint density at radius 2 is 1.76 bits per heavy atom. The molecule has 0 saturated heterocycles. The van der Waals surface area contributed by atoms with E-state index in [9.17, 15) is 0 Å².